The molecule has 3 aromatic rings. The van der Waals surface area contributed by atoms with Gasteiger partial charge in [0, 0.05) is 42.4 Å². The van der Waals surface area contributed by atoms with E-state index in [1.54, 1.807) is 30.3 Å². The Labute approximate surface area is 164 Å². The molecule has 4 heterocycles. The first-order chi connectivity index (χ1) is 13.0. The summed E-state index contributed by atoms with van der Waals surface area (Å²) < 4.78 is 5.43. The minimum absolute atomic E-state index is 0.161. The molecule has 1 aliphatic rings. The second-order valence-corrected chi connectivity index (χ2v) is 6.91. The molecule has 4 rings (SSSR count). The molecule has 9 heteroatoms. The fourth-order valence-corrected chi connectivity index (χ4v) is 3.81. The first-order valence-electron chi connectivity index (χ1n) is 8.31. The molecule has 140 valence electrons. The van der Waals surface area contributed by atoms with Crippen LogP contribution in [0.25, 0.3) is 22.3 Å². The maximum absolute atomic E-state index is 12.0. The van der Waals surface area contributed by atoms with Crippen LogP contribution in [0.1, 0.15) is 11.3 Å². The SMILES string of the molecule is COc1cccnc1-c1nc(Cl)c(Cl)c2[nH]c3c(c12)CN(C(=O)CO)CC3. The van der Waals surface area contributed by atoms with Gasteiger partial charge in [-0.2, -0.15) is 0 Å². The van der Waals surface area contributed by atoms with Crippen LogP contribution < -0.4 is 4.74 Å². The largest absolute Gasteiger partial charge is 0.494 e. The molecule has 0 unspecified atom stereocenters. The van der Waals surface area contributed by atoms with Crippen molar-refractivity contribution in [2.75, 3.05) is 20.3 Å². The molecule has 0 radical (unpaired) electrons. The Bertz CT molecular complexity index is 1050. The minimum atomic E-state index is -0.524. The van der Waals surface area contributed by atoms with Gasteiger partial charge < -0.3 is 19.7 Å². The number of rotatable bonds is 3. The van der Waals surface area contributed by atoms with Crippen LogP contribution in [0.2, 0.25) is 10.2 Å². The Hall–Kier alpha value is -2.35. The van der Waals surface area contributed by atoms with Gasteiger partial charge in [-0.05, 0) is 12.1 Å². The Balaban J connectivity index is 1.99. The van der Waals surface area contributed by atoms with Crippen LogP contribution >= 0.6 is 23.2 Å². The van der Waals surface area contributed by atoms with E-state index in [0.29, 0.717) is 47.2 Å². The van der Waals surface area contributed by atoms with E-state index in [0.717, 1.165) is 16.6 Å². The fraction of sp³-hybridized carbons (Fsp3) is 0.278. The maximum atomic E-state index is 12.0. The lowest BCUT2D eigenvalue weighted by Gasteiger charge is -2.26. The van der Waals surface area contributed by atoms with E-state index >= 15 is 0 Å². The lowest BCUT2D eigenvalue weighted by molar-refractivity contribution is -0.135. The van der Waals surface area contributed by atoms with E-state index in [4.69, 9.17) is 27.9 Å². The topological polar surface area (TPSA) is 91.3 Å². The molecule has 0 atom stereocenters. The van der Waals surface area contributed by atoms with Crippen LogP contribution in [-0.4, -0.2) is 51.1 Å². The lowest BCUT2D eigenvalue weighted by Crippen LogP contribution is -2.37. The molecule has 2 N–H and O–H groups in total. The van der Waals surface area contributed by atoms with Gasteiger partial charge in [-0.3, -0.25) is 9.78 Å². The zero-order valence-corrected chi connectivity index (χ0v) is 15.9. The van der Waals surface area contributed by atoms with Gasteiger partial charge in [0.2, 0.25) is 5.91 Å². The monoisotopic (exact) mass is 406 g/mol. The third kappa shape index (κ3) is 2.92. The van der Waals surface area contributed by atoms with Gasteiger partial charge in [0.05, 0.1) is 12.6 Å². The number of fused-ring (bicyclic) bond motifs is 3. The highest BCUT2D eigenvalue weighted by Crippen LogP contribution is 2.41. The molecular weight excluding hydrogens is 391 g/mol. The third-order valence-corrected chi connectivity index (χ3v) is 5.46. The van der Waals surface area contributed by atoms with Crippen molar-refractivity contribution in [3.05, 3.63) is 39.8 Å². The Morgan fingerprint density at radius 2 is 2.22 bits per heavy atom. The van der Waals surface area contributed by atoms with Crippen LogP contribution in [0, 0.1) is 0 Å². The van der Waals surface area contributed by atoms with Crippen molar-refractivity contribution in [3.63, 3.8) is 0 Å². The third-order valence-electron chi connectivity index (χ3n) is 4.72. The summed E-state index contributed by atoms with van der Waals surface area (Å²) in [4.78, 5) is 25.8. The van der Waals surface area contributed by atoms with Crippen LogP contribution in [-0.2, 0) is 17.8 Å². The van der Waals surface area contributed by atoms with Gasteiger partial charge in [0.15, 0.2) is 5.15 Å². The van der Waals surface area contributed by atoms with Crippen LogP contribution in [0.5, 0.6) is 5.75 Å². The van der Waals surface area contributed by atoms with Crippen molar-refractivity contribution in [2.24, 2.45) is 0 Å². The molecule has 0 fully saturated rings. The first kappa shape index (κ1) is 18.0. The zero-order valence-electron chi connectivity index (χ0n) is 14.4. The summed E-state index contributed by atoms with van der Waals surface area (Å²) in [6.45, 7) is 0.334. The number of hydrogen-bond donors (Lipinski definition) is 2. The number of nitrogens with zero attached hydrogens (tertiary/aromatic N) is 3. The summed E-state index contributed by atoms with van der Waals surface area (Å²) in [6.07, 6.45) is 2.26. The summed E-state index contributed by atoms with van der Waals surface area (Å²) in [5.41, 5.74) is 3.59. The predicted molar refractivity (Wildman–Crippen MR) is 102 cm³/mol. The number of amides is 1. The van der Waals surface area contributed by atoms with E-state index in [2.05, 4.69) is 15.0 Å². The summed E-state index contributed by atoms with van der Waals surface area (Å²) in [5.74, 6) is 0.235. The standard InChI is InChI=1S/C18H16Cl2N4O3/c1-27-11-3-2-5-21-15(11)17-13-9-7-24(12(26)8-25)6-4-10(9)22-16(13)14(19)18(20)23-17/h2-3,5,22,25H,4,6-8H2,1H3. The fourth-order valence-electron chi connectivity index (χ4n) is 3.44. The number of pyridine rings is 2. The molecule has 1 amide bonds. The molecule has 3 aromatic heterocycles. The Morgan fingerprint density at radius 1 is 1.41 bits per heavy atom. The predicted octanol–water partition coefficient (Wildman–Crippen LogP) is 2.82. The molecule has 7 nitrogen and oxygen atoms in total. The van der Waals surface area contributed by atoms with Gasteiger partial charge in [0.25, 0.3) is 0 Å². The molecule has 0 spiro atoms. The van der Waals surface area contributed by atoms with Gasteiger partial charge in [0.1, 0.15) is 28.8 Å². The summed E-state index contributed by atoms with van der Waals surface area (Å²) >= 11 is 12.7. The van der Waals surface area contributed by atoms with Crippen molar-refractivity contribution >= 4 is 40.0 Å². The quantitative estimate of drug-likeness (QED) is 0.652. The van der Waals surface area contributed by atoms with Crippen molar-refractivity contribution in [3.8, 4) is 17.1 Å². The van der Waals surface area contributed by atoms with Crippen LogP contribution in [0.4, 0.5) is 0 Å². The van der Waals surface area contributed by atoms with Crippen molar-refractivity contribution in [2.45, 2.75) is 13.0 Å². The molecule has 0 bridgehead atoms. The highest BCUT2D eigenvalue weighted by atomic mass is 35.5. The number of aromatic amines is 1. The number of methoxy groups -OCH3 is 1. The van der Waals surface area contributed by atoms with Crippen LogP contribution in [0.15, 0.2) is 18.3 Å². The molecule has 0 saturated heterocycles. The second-order valence-electron chi connectivity index (χ2n) is 6.17. The first-order valence-corrected chi connectivity index (χ1v) is 9.07. The molecule has 0 aromatic carbocycles. The highest BCUT2D eigenvalue weighted by Gasteiger charge is 2.28. The average Bonchev–Trinajstić information content (AvgIpc) is 3.09. The summed E-state index contributed by atoms with van der Waals surface area (Å²) in [7, 11) is 1.56. The normalized spacial score (nSPS) is 13.7. The maximum Gasteiger partial charge on any atom is 0.248 e. The van der Waals surface area contributed by atoms with E-state index in [9.17, 15) is 9.90 Å². The molecule has 27 heavy (non-hydrogen) atoms. The Morgan fingerprint density at radius 3 is 2.96 bits per heavy atom. The number of hydrogen-bond acceptors (Lipinski definition) is 5. The Kier molecular flexibility index (Phi) is 4.67. The number of aliphatic hydroxyl groups excluding tert-OH is 1. The molecule has 0 aliphatic carbocycles. The number of ether oxygens (including phenoxy) is 1. The van der Waals surface area contributed by atoms with E-state index in [-0.39, 0.29) is 11.1 Å². The highest BCUT2D eigenvalue weighted by molar-refractivity contribution is 6.44. The number of halogens is 2. The number of carbonyl (C=O) groups excluding carboxylic acids is 1. The van der Waals surface area contributed by atoms with Gasteiger partial charge in [-0.1, -0.05) is 23.2 Å². The number of H-pyrrole nitrogens is 1. The van der Waals surface area contributed by atoms with Crippen molar-refractivity contribution in [1.29, 1.82) is 0 Å². The van der Waals surface area contributed by atoms with Crippen molar-refractivity contribution in [1.82, 2.24) is 19.9 Å². The van der Waals surface area contributed by atoms with Gasteiger partial charge >= 0.3 is 0 Å². The van der Waals surface area contributed by atoms with E-state index < -0.39 is 6.61 Å². The lowest BCUT2D eigenvalue weighted by atomic mass is 10.0. The van der Waals surface area contributed by atoms with Crippen molar-refractivity contribution < 1.29 is 14.6 Å². The van der Waals surface area contributed by atoms with Gasteiger partial charge in [-0.15, -0.1) is 0 Å². The minimum Gasteiger partial charge on any atom is -0.494 e. The smallest absolute Gasteiger partial charge is 0.248 e. The molecular formula is C18H16Cl2N4O3. The summed E-state index contributed by atoms with van der Waals surface area (Å²) in [6, 6.07) is 3.56. The zero-order chi connectivity index (χ0) is 19.1. The second kappa shape index (κ2) is 6.99. The average molecular weight is 407 g/mol. The molecule has 1 aliphatic heterocycles. The number of nitrogens with one attached hydrogen (secondary N) is 1. The van der Waals surface area contributed by atoms with Gasteiger partial charge in [-0.25, -0.2) is 4.98 Å². The molecule has 0 saturated carbocycles. The number of aromatic nitrogens is 3. The van der Waals surface area contributed by atoms with E-state index in [1.165, 1.54) is 0 Å². The number of carbonyl (C=O) groups is 1. The van der Waals surface area contributed by atoms with Crippen LogP contribution in [0.3, 0.4) is 0 Å². The summed E-state index contributed by atoms with van der Waals surface area (Å²) in [5, 5.41) is 10.4. The number of aliphatic hydroxyl groups is 1. The van der Waals surface area contributed by atoms with E-state index in [1.807, 2.05) is 0 Å².